The minimum atomic E-state index is -4.76. The van der Waals surface area contributed by atoms with Crippen LogP contribution in [0.15, 0.2) is 48.6 Å². The van der Waals surface area contributed by atoms with Crippen LogP contribution in [-0.2, 0) is 28.2 Å². The van der Waals surface area contributed by atoms with Crippen LogP contribution in [-0.4, -0.2) is 41.0 Å². The smallest absolute Gasteiger partial charge is 0.462 e. The second-order valence-electron chi connectivity index (χ2n) is 13.6. The van der Waals surface area contributed by atoms with E-state index >= 15 is 0 Å². The van der Waals surface area contributed by atoms with Crippen LogP contribution in [0.4, 0.5) is 0 Å². The molecule has 0 aromatic carbocycles. The van der Waals surface area contributed by atoms with Crippen molar-refractivity contribution < 1.29 is 37.9 Å². The highest BCUT2D eigenvalue weighted by molar-refractivity contribution is 7.46. The van der Waals surface area contributed by atoms with E-state index in [9.17, 15) is 14.2 Å². The van der Waals surface area contributed by atoms with Crippen molar-refractivity contribution in [3.63, 3.8) is 0 Å². The lowest BCUT2D eigenvalue weighted by Crippen LogP contribution is -2.29. The van der Waals surface area contributed by atoms with Gasteiger partial charge in [-0.1, -0.05) is 152 Å². The number of hydrogen-bond donors (Lipinski definition) is 2. The number of rotatable bonds is 37. The molecule has 0 fully saturated rings. The van der Waals surface area contributed by atoms with E-state index < -0.39 is 32.5 Å². The lowest BCUT2D eigenvalue weighted by molar-refractivity contribution is -0.161. The average Bonchev–Trinajstić information content (AvgIpc) is 3.10. The SMILES string of the molecule is CCCC/C=C\C/C=C\CCCCCCCC(=O)OC[C@H](COP(=O)(O)O)OC(=O)CCCCCCCCCCC/C=C\C/C=C\CCCCC. The Morgan fingerprint density at radius 1 is 0.510 bits per heavy atom. The van der Waals surface area contributed by atoms with Crippen molar-refractivity contribution in [3.8, 4) is 0 Å². The van der Waals surface area contributed by atoms with E-state index in [1.54, 1.807) is 0 Å². The highest BCUT2D eigenvalue weighted by Crippen LogP contribution is 2.36. The van der Waals surface area contributed by atoms with Gasteiger partial charge in [-0.05, 0) is 70.6 Å². The van der Waals surface area contributed by atoms with Crippen LogP contribution in [0.5, 0.6) is 0 Å². The Balaban J connectivity index is 3.95. The Morgan fingerprint density at radius 2 is 0.902 bits per heavy atom. The van der Waals surface area contributed by atoms with Crippen LogP contribution in [0.2, 0.25) is 0 Å². The number of carbonyl (C=O) groups is 2. The third-order valence-corrected chi connectivity index (χ3v) is 9.06. The molecule has 1 atom stereocenters. The highest BCUT2D eigenvalue weighted by atomic mass is 31.2. The summed E-state index contributed by atoms with van der Waals surface area (Å²) in [4.78, 5) is 42.8. The zero-order chi connectivity index (χ0) is 37.5. The lowest BCUT2D eigenvalue weighted by atomic mass is 10.1. The van der Waals surface area contributed by atoms with Gasteiger partial charge in [0, 0.05) is 12.8 Å². The van der Waals surface area contributed by atoms with Gasteiger partial charge in [0.25, 0.3) is 0 Å². The van der Waals surface area contributed by atoms with E-state index in [1.807, 2.05) is 0 Å². The molecule has 0 aromatic heterocycles. The standard InChI is InChI=1S/C42H75O8P/c1-3-5-7-9-11-13-15-17-19-20-21-22-23-25-27-29-31-33-35-37-42(44)50-40(39-49-51(45,46)47)38-48-41(43)36-34-32-30-28-26-24-18-16-14-12-10-8-6-4-2/h10-13,16-19,40H,3-9,14-15,20-39H2,1-2H3,(H2,45,46,47)/b12-10-,13-11-,18-16-,19-17-/t40-/m1/s1. The van der Waals surface area contributed by atoms with Crippen molar-refractivity contribution >= 4 is 19.8 Å². The fourth-order valence-electron chi connectivity index (χ4n) is 5.48. The molecule has 0 amide bonds. The van der Waals surface area contributed by atoms with E-state index in [1.165, 1.54) is 70.6 Å². The summed E-state index contributed by atoms with van der Waals surface area (Å²) < 4.78 is 26.4. The minimum absolute atomic E-state index is 0.203. The van der Waals surface area contributed by atoms with Gasteiger partial charge in [-0.3, -0.25) is 14.1 Å². The van der Waals surface area contributed by atoms with Crippen molar-refractivity contribution in [1.29, 1.82) is 0 Å². The van der Waals surface area contributed by atoms with Gasteiger partial charge in [-0.2, -0.15) is 0 Å². The number of esters is 2. The van der Waals surface area contributed by atoms with Gasteiger partial charge in [0.2, 0.25) is 0 Å². The molecule has 0 saturated carbocycles. The zero-order valence-electron chi connectivity index (χ0n) is 32.5. The van der Waals surface area contributed by atoms with Gasteiger partial charge >= 0.3 is 19.8 Å². The Morgan fingerprint density at radius 3 is 1.35 bits per heavy atom. The molecule has 0 unspecified atom stereocenters. The van der Waals surface area contributed by atoms with Crippen LogP contribution in [0.3, 0.4) is 0 Å². The minimum Gasteiger partial charge on any atom is -0.462 e. The van der Waals surface area contributed by atoms with E-state index in [0.29, 0.717) is 12.8 Å². The number of carbonyl (C=O) groups excluding carboxylic acids is 2. The lowest BCUT2D eigenvalue weighted by Gasteiger charge is -2.18. The normalized spacial score (nSPS) is 12.9. The number of allylic oxidation sites excluding steroid dienone is 8. The summed E-state index contributed by atoms with van der Waals surface area (Å²) in [6.45, 7) is 3.60. The Kier molecular flexibility index (Phi) is 36.3. The fraction of sp³-hybridized carbons (Fsp3) is 0.762. The molecular formula is C42H75O8P. The maximum atomic E-state index is 12.4. The molecule has 0 radical (unpaired) electrons. The molecule has 0 aliphatic carbocycles. The molecule has 0 aliphatic rings. The summed E-state index contributed by atoms with van der Waals surface area (Å²) in [6.07, 6.45) is 45.4. The van der Waals surface area contributed by atoms with Crippen molar-refractivity contribution in [2.24, 2.45) is 0 Å². The predicted molar refractivity (Wildman–Crippen MR) is 211 cm³/mol. The van der Waals surface area contributed by atoms with Gasteiger partial charge in [-0.25, -0.2) is 4.57 Å². The van der Waals surface area contributed by atoms with Crippen LogP contribution in [0.1, 0.15) is 187 Å². The quantitative estimate of drug-likeness (QED) is 0.0280. The molecule has 0 saturated heterocycles. The molecule has 2 N–H and O–H groups in total. The number of phosphoric acid groups is 1. The fourth-order valence-corrected chi connectivity index (χ4v) is 5.84. The Labute approximate surface area is 312 Å². The number of hydrogen-bond acceptors (Lipinski definition) is 6. The van der Waals surface area contributed by atoms with Gasteiger partial charge in [0.1, 0.15) is 6.61 Å². The van der Waals surface area contributed by atoms with Gasteiger partial charge in [-0.15, -0.1) is 0 Å². The molecule has 296 valence electrons. The Bertz CT molecular complexity index is 968. The van der Waals surface area contributed by atoms with Crippen LogP contribution < -0.4 is 0 Å². The van der Waals surface area contributed by atoms with E-state index in [-0.39, 0.29) is 19.4 Å². The largest absolute Gasteiger partial charge is 0.469 e. The maximum Gasteiger partial charge on any atom is 0.469 e. The molecular weight excluding hydrogens is 663 g/mol. The molecule has 0 aromatic rings. The summed E-state index contributed by atoms with van der Waals surface area (Å²) in [5, 5.41) is 0. The summed E-state index contributed by atoms with van der Waals surface area (Å²) in [5.74, 6) is -0.906. The first-order chi connectivity index (χ1) is 24.8. The number of phosphoric ester groups is 1. The van der Waals surface area contributed by atoms with Crippen LogP contribution >= 0.6 is 7.82 Å². The Hall–Kier alpha value is -1.99. The van der Waals surface area contributed by atoms with Crippen LogP contribution in [0, 0.1) is 0 Å². The third kappa shape index (κ3) is 40.6. The topological polar surface area (TPSA) is 119 Å². The van der Waals surface area contributed by atoms with E-state index in [0.717, 1.165) is 77.0 Å². The highest BCUT2D eigenvalue weighted by Gasteiger charge is 2.22. The van der Waals surface area contributed by atoms with E-state index in [2.05, 4.69) is 67.0 Å². The first kappa shape index (κ1) is 49.0. The van der Waals surface area contributed by atoms with Crippen LogP contribution in [0.25, 0.3) is 0 Å². The van der Waals surface area contributed by atoms with Crippen molar-refractivity contribution in [2.75, 3.05) is 13.2 Å². The van der Waals surface area contributed by atoms with Crippen molar-refractivity contribution in [3.05, 3.63) is 48.6 Å². The zero-order valence-corrected chi connectivity index (χ0v) is 33.4. The maximum absolute atomic E-state index is 12.4. The molecule has 0 rings (SSSR count). The number of ether oxygens (including phenoxy) is 2. The summed E-state index contributed by atoms with van der Waals surface area (Å²) >= 11 is 0. The third-order valence-electron chi connectivity index (χ3n) is 8.57. The second kappa shape index (κ2) is 37.8. The average molecular weight is 739 g/mol. The first-order valence-corrected chi connectivity index (χ1v) is 22.0. The molecule has 0 bridgehead atoms. The molecule has 0 aliphatic heterocycles. The van der Waals surface area contributed by atoms with E-state index in [4.69, 9.17) is 19.3 Å². The predicted octanol–water partition coefficient (Wildman–Crippen LogP) is 12.3. The summed E-state index contributed by atoms with van der Waals surface area (Å²) in [6, 6.07) is 0. The van der Waals surface area contributed by atoms with Gasteiger partial charge in [0.15, 0.2) is 6.10 Å². The summed E-state index contributed by atoms with van der Waals surface area (Å²) in [7, 11) is -4.76. The monoisotopic (exact) mass is 739 g/mol. The van der Waals surface area contributed by atoms with Crippen molar-refractivity contribution in [2.45, 2.75) is 193 Å². The molecule has 9 heteroatoms. The molecule has 8 nitrogen and oxygen atoms in total. The number of unbranched alkanes of at least 4 members (excludes halogenated alkanes) is 19. The second-order valence-corrected chi connectivity index (χ2v) is 14.8. The molecule has 51 heavy (non-hydrogen) atoms. The molecule has 0 spiro atoms. The molecule has 0 heterocycles. The first-order valence-electron chi connectivity index (χ1n) is 20.4. The van der Waals surface area contributed by atoms with Crippen molar-refractivity contribution in [1.82, 2.24) is 0 Å². The van der Waals surface area contributed by atoms with Gasteiger partial charge in [0.05, 0.1) is 6.61 Å². The summed E-state index contributed by atoms with van der Waals surface area (Å²) in [5.41, 5.74) is 0. The van der Waals surface area contributed by atoms with Gasteiger partial charge < -0.3 is 19.3 Å².